The molecule has 0 bridgehead atoms. The van der Waals surface area contributed by atoms with E-state index in [0.29, 0.717) is 5.56 Å². The Labute approximate surface area is 202 Å². The van der Waals surface area contributed by atoms with Gasteiger partial charge in [0, 0.05) is 17.4 Å². The molecule has 34 heavy (non-hydrogen) atoms. The van der Waals surface area contributed by atoms with Crippen LogP contribution in [0, 0.1) is 6.92 Å². The minimum atomic E-state index is -1.12. The number of pyridine rings is 1. The first-order valence-corrected chi connectivity index (χ1v) is 11.1. The number of rotatable bonds is 7. The smallest absolute Gasteiger partial charge is 0.326 e. The van der Waals surface area contributed by atoms with E-state index in [2.05, 4.69) is 5.32 Å². The Hall–Kier alpha value is -3.90. The molecule has 172 valence electrons. The molecule has 7 heteroatoms. The Morgan fingerprint density at radius 2 is 1.85 bits per heavy atom. The molecule has 1 unspecified atom stereocenters. The number of carbonyl (C=O) groups excluding carboxylic acids is 1. The molecule has 1 amide bonds. The van der Waals surface area contributed by atoms with Gasteiger partial charge in [-0.05, 0) is 54.4 Å². The maximum Gasteiger partial charge on any atom is 0.326 e. The number of benzene rings is 3. The van der Waals surface area contributed by atoms with Gasteiger partial charge in [-0.1, -0.05) is 48.0 Å². The third-order valence-electron chi connectivity index (χ3n) is 5.63. The first kappa shape index (κ1) is 23.3. The van der Waals surface area contributed by atoms with E-state index in [4.69, 9.17) is 21.3 Å². The summed E-state index contributed by atoms with van der Waals surface area (Å²) in [7, 11) is 1.62. The van der Waals surface area contributed by atoms with E-state index in [1.807, 2.05) is 54.6 Å². The van der Waals surface area contributed by atoms with E-state index in [1.165, 1.54) is 0 Å². The van der Waals surface area contributed by atoms with Gasteiger partial charge in [-0.3, -0.25) is 4.79 Å². The molecular weight excluding hydrogens is 452 g/mol. The Balaban J connectivity index is 1.57. The summed E-state index contributed by atoms with van der Waals surface area (Å²) in [5.74, 6) is -0.901. The third-order valence-corrected chi connectivity index (χ3v) is 5.94. The highest BCUT2D eigenvalue weighted by molar-refractivity contribution is 6.34. The normalized spacial score (nSPS) is 11.7. The number of hydrogen-bond acceptors (Lipinski definition) is 4. The fraction of sp³-hybridized carbons (Fsp3) is 0.148. The summed E-state index contributed by atoms with van der Waals surface area (Å²) in [6.07, 6.45) is 0.120. The molecule has 0 radical (unpaired) electrons. The number of carboxylic acids is 1. The maximum absolute atomic E-state index is 12.7. The lowest BCUT2D eigenvalue weighted by molar-refractivity contribution is -0.139. The van der Waals surface area contributed by atoms with E-state index < -0.39 is 17.9 Å². The molecule has 1 aromatic heterocycles. The van der Waals surface area contributed by atoms with Crippen LogP contribution >= 0.6 is 11.6 Å². The van der Waals surface area contributed by atoms with Gasteiger partial charge in [-0.25, -0.2) is 9.78 Å². The Morgan fingerprint density at radius 1 is 1.06 bits per heavy atom. The average molecular weight is 475 g/mol. The number of carbonyl (C=O) groups is 2. The molecule has 0 spiro atoms. The van der Waals surface area contributed by atoms with E-state index in [1.54, 1.807) is 32.2 Å². The Morgan fingerprint density at radius 3 is 2.59 bits per heavy atom. The summed E-state index contributed by atoms with van der Waals surface area (Å²) in [4.78, 5) is 29.4. The van der Waals surface area contributed by atoms with Crippen molar-refractivity contribution in [2.24, 2.45) is 0 Å². The van der Waals surface area contributed by atoms with Crippen molar-refractivity contribution in [3.63, 3.8) is 0 Å². The lowest BCUT2D eigenvalue weighted by atomic mass is 10.0. The van der Waals surface area contributed by atoms with Crippen LogP contribution < -0.4 is 10.1 Å². The molecule has 0 aliphatic carbocycles. The lowest BCUT2D eigenvalue weighted by Gasteiger charge is -2.16. The molecular formula is C27H23ClN2O4. The van der Waals surface area contributed by atoms with Crippen LogP contribution in [0.1, 0.15) is 21.5 Å². The van der Waals surface area contributed by atoms with Crippen LogP contribution in [0.25, 0.3) is 22.2 Å². The highest BCUT2D eigenvalue weighted by Crippen LogP contribution is 2.29. The largest absolute Gasteiger partial charge is 0.496 e. The molecule has 1 atom stereocenters. The van der Waals surface area contributed by atoms with Crippen molar-refractivity contribution < 1.29 is 19.4 Å². The van der Waals surface area contributed by atoms with Crippen molar-refractivity contribution in [2.75, 3.05) is 7.11 Å². The number of fused-ring (bicyclic) bond motifs is 1. The Kier molecular flexibility index (Phi) is 6.80. The average Bonchev–Trinajstić information content (AvgIpc) is 2.83. The number of aromatic nitrogens is 1. The molecule has 0 saturated carbocycles. The molecule has 4 rings (SSSR count). The predicted octanol–water partition coefficient (Wildman–Crippen LogP) is 5.30. The van der Waals surface area contributed by atoms with Crippen molar-refractivity contribution in [3.8, 4) is 17.0 Å². The van der Waals surface area contributed by atoms with Crippen molar-refractivity contribution >= 4 is 34.4 Å². The monoisotopic (exact) mass is 474 g/mol. The molecule has 0 saturated heterocycles. The zero-order chi connectivity index (χ0) is 24.2. The highest BCUT2D eigenvalue weighted by atomic mass is 35.5. The van der Waals surface area contributed by atoms with Gasteiger partial charge in [0.25, 0.3) is 5.91 Å². The minimum absolute atomic E-state index is 0.120. The zero-order valence-corrected chi connectivity index (χ0v) is 19.5. The number of halogens is 1. The molecule has 6 nitrogen and oxygen atoms in total. The number of carboxylic acid groups (broad SMARTS) is 1. The second-order valence-electron chi connectivity index (χ2n) is 7.92. The van der Waals surface area contributed by atoms with E-state index in [-0.39, 0.29) is 17.0 Å². The summed E-state index contributed by atoms with van der Waals surface area (Å²) in [5.41, 5.74) is 4.17. The number of methoxy groups -OCH3 is 1. The molecule has 1 heterocycles. The molecule has 0 fully saturated rings. The summed E-state index contributed by atoms with van der Waals surface area (Å²) in [5, 5.41) is 13.5. The SMILES string of the molecule is COc1ccccc1-c1ccc2cc(CC(NC(=O)c3c(C)cccc3Cl)C(=O)O)ccc2n1. The summed E-state index contributed by atoms with van der Waals surface area (Å²) in [6.45, 7) is 1.76. The predicted molar refractivity (Wildman–Crippen MR) is 133 cm³/mol. The van der Waals surface area contributed by atoms with Crippen LogP contribution in [-0.4, -0.2) is 35.1 Å². The first-order chi connectivity index (χ1) is 16.4. The first-order valence-electron chi connectivity index (χ1n) is 10.7. The van der Waals surface area contributed by atoms with E-state index >= 15 is 0 Å². The fourth-order valence-electron chi connectivity index (χ4n) is 3.89. The number of hydrogen-bond donors (Lipinski definition) is 2. The summed E-state index contributed by atoms with van der Waals surface area (Å²) in [6, 6.07) is 21.1. The van der Waals surface area contributed by atoms with Gasteiger partial charge in [-0.15, -0.1) is 0 Å². The van der Waals surface area contributed by atoms with Crippen molar-refractivity contribution in [2.45, 2.75) is 19.4 Å². The zero-order valence-electron chi connectivity index (χ0n) is 18.7. The molecule has 3 aromatic carbocycles. The molecule has 4 aromatic rings. The number of aliphatic carboxylic acids is 1. The van der Waals surface area contributed by atoms with Gasteiger partial charge in [0.15, 0.2) is 0 Å². The molecule has 0 aliphatic heterocycles. The third kappa shape index (κ3) is 4.87. The van der Waals surface area contributed by atoms with Gasteiger partial charge in [0.1, 0.15) is 11.8 Å². The highest BCUT2D eigenvalue weighted by Gasteiger charge is 2.23. The quantitative estimate of drug-likeness (QED) is 0.379. The second-order valence-corrected chi connectivity index (χ2v) is 8.33. The van der Waals surface area contributed by atoms with Crippen LogP contribution in [0.3, 0.4) is 0 Å². The van der Waals surface area contributed by atoms with Gasteiger partial charge in [0.05, 0.1) is 28.9 Å². The standard InChI is InChI=1S/C27H23ClN2O4/c1-16-6-5-8-20(28)25(16)26(31)30-23(27(32)33)15-17-10-12-21-18(14-17)11-13-22(29-21)19-7-3-4-9-24(19)34-2/h3-14,23H,15H2,1-2H3,(H,30,31)(H,32,33). The summed E-state index contributed by atoms with van der Waals surface area (Å²) < 4.78 is 5.44. The molecule has 2 N–H and O–H groups in total. The minimum Gasteiger partial charge on any atom is -0.496 e. The number of amides is 1. The number of nitrogens with one attached hydrogen (secondary N) is 1. The van der Waals surface area contributed by atoms with E-state index in [9.17, 15) is 14.7 Å². The lowest BCUT2D eigenvalue weighted by Crippen LogP contribution is -2.42. The van der Waals surface area contributed by atoms with Crippen molar-refractivity contribution in [1.82, 2.24) is 10.3 Å². The van der Waals surface area contributed by atoms with Crippen LogP contribution in [0.15, 0.2) is 72.8 Å². The van der Waals surface area contributed by atoms with Crippen molar-refractivity contribution in [3.05, 3.63) is 94.5 Å². The molecule has 0 aliphatic rings. The van der Waals surface area contributed by atoms with Gasteiger partial charge in [0.2, 0.25) is 0 Å². The van der Waals surface area contributed by atoms with Crippen LogP contribution in [0.4, 0.5) is 0 Å². The fourth-order valence-corrected chi connectivity index (χ4v) is 4.20. The number of nitrogens with zero attached hydrogens (tertiary/aromatic N) is 1. The van der Waals surface area contributed by atoms with E-state index in [0.717, 1.165) is 33.5 Å². The number of ether oxygens (including phenoxy) is 1. The van der Waals surface area contributed by atoms with Gasteiger partial charge < -0.3 is 15.2 Å². The number of aryl methyl sites for hydroxylation is 1. The van der Waals surface area contributed by atoms with Crippen LogP contribution in [-0.2, 0) is 11.2 Å². The van der Waals surface area contributed by atoms with Gasteiger partial charge in [-0.2, -0.15) is 0 Å². The summed E-state index contributed by atoms with van der Waals surface area (Å²) >= 11 is 6.17. The van der Waals surface area contributed by atoms with Gasteiger partial charge >= 0.3 is 5.97 Å². The maximum atomic E-state index is 12.7. The number of para-hydroxylation sites is 1. The van der Waals surface area contributed by atoms with Crippen LogP contribution in [0.2, 0.25) is 5.02 Å². The van der Waals surface area contributed by atoms with Crippen LogP contribution in [0.5, 0.6) is 5.75 Å². The topological polar surface area (TPSA) is 88.5 Å². The Bertz CT molecular complexity index is 1370. The van der Waals surface area contributed by atoms with Crippen molar-refractivity contribution in [1.29, 1.82) is 0 Å². The second kappa shape index (κ2) is 9.93.